The fraction of sp³-hybridized carbons (Fsp3) is 0.636. The van der Waals surface area contributed by atoms with Gasteiger partial charge in [-0.25, -0.2) is 4.98 Å². The molecule has 1 aromatic rings. The van der Waals surface area contributed by atoms with E-state index in [0.29, 0.717) is 18.1 Å². The van der Waals surface area contributed by atoms with E-state index in [1.807, 2.05) is 6.92 Å². The molecule has 1 atom stereocenters. The van der Waals surface area contributed by atoms with E-state index >= 15 is 0 Å². The quantitative estimate of drug-likeness (QED) is 0.781. The van der Waals surface area contributed by atoms with Gasteiger partial charge in [-0.1, -0.05) is 6.92 Å². The van der Waals surface area contributed by atoms with Crippen molar-refractivity contribution in [3.8, 4) is 5.88 Å². The molecule has 2 heterocycles. The number of ether oxygens (including phenoxy) is 1. The molecule has 5 heteroatoms. The van der Waals surface area contributed by atoms with Crippen LogP contribution < -0.4 is 15.6 Å². The molecule has 0 aliphatic carbocycles. The first-order valence-electron chi connectivity index (χ1n) is 5.75. The standard InChI is InChI=1S/C11H17N3O2/c1-2-9-13-10(15)6-11(14-9)16-8-4-3-5-12-7-8/h6,8,12H,2-5,7H2,1H3,(H,13,14,15)/t8-/m0/s1. The van der Waals surface area contributed by atoms with Crippen molar-refractivity contribution >= 4 is 0 Å². The lowest BCUT2D eigenvalue weighted by Crippen LogP contribution is -2.37. The molecule has 0 unspecified atom stereocenters. The Morgan fingerprint density at radius 3 is 3.19 bits per heavy atom. The molecule has 0 amide bonds. The first-order valence-corrected chi connectivity index (χ1v) is 5.75. The zero-order valence-corrected chi connectivity index (χ0v) is 9.45. The lowest BCUT2D eigenvalue weighted by Gasteiger charge is -2.23. The van der Waals surface area contributed by atoms with Gasteiger partial charge in [0.1, 0.15) is 11.9 Å². The van der Waals surface area contributed by atoms with Gasteiger partial charge in [-0.15, -0.1) is 0 Å². The van der Waals surface area contributed by atoms with Gasteiger partial charge < -0.3 is 15.0 Å². The molecule has 1 fully saturated rings. The molecule has 16 heavy (non-hydrogen) atoms. The molecule has 2 rings (SSSR count). The minimum absolute atomic E-state index is 0.132. The van der Waals surface area contributed by atoms with E-state index in [1.165, 1.54) is 6.07 Å². The highest BCUT2D eigenvalue weighted by Gasteiger charge is 2.15. The number of rotatable bonds is 3. The Kier molecular flexibility index (Phi) is 3.56. The van der Waals surface area contributed by atoms with Crippen molar-refractivity contribution in [1.82, 2.24) is 15.3 Å². The second kappa shape index (κ2) is 5.12. The van der Waals surface area contributed by atoms with Crippen LogP contribution >= 0.6 is 0 Å². The van der Waals surface area contributed by atoms with Crippen molar-refractivity contribution in [3.63, 3.8) is 0 Å². The second-order valence-electron chi connectivity index (χ2n) is 3.97. The average Bonchev–Trinajstić information content (AvgIpc) is 2.29. The molecule has 1 aromatic heterocycles. The van der Waals surface area contributed by atoms with Crippen molar-refractivity contribution in [2.45, 2.75) is 32.3 Å². The Hall–Kier alpha value is -1.36. The largest absolute Gasteiger partial charge is 0.473 e. The normalized spacial score (nSPS) is 20.7. The summed E-state index contributed by atoms with van der Waals surface area (Å²) in [7, 11) is 0. The van der Waals surface area contributed by atoms with Crippen LogP contribution in [0.5, 0.6) is 5.88 Å². The predicted molar refractivity (Wildman–Crippen MR) is 60.8 cm³/mol. The molecule has 0 aromatic carbocycles. The fourth-order valence-electron chi connectivity index (χ4n) is 1.80. The number of nitrogens with one attached hydrogen (secondary N) is 2. The first-order chi connectivity index (χ1) is 7.78. The number of aromatic amines is 1. The first kappa shape index (κ1) is 11.1. The topological polar surface area (TPSA) is 67.0 Å². The Morgan fingerprint density at radius 2 is 2.50 bits per heavy atom. The van der Waals surface area contributed by atoms with Gasteiger partial charge in [-0.3, -0.25) is 4.79 Å². The van der Waals surface area contributed by atoms with Crippen molar-refractivity contribution in [2.24, 2.45) is 0 Å². The molecule has 0 spiro atoms. The molecule has 5 nitrogen and oxygen atoms in total. The number of H-pyrrole nitrogens is 1. The molecule has 1 saturated heterocycles. The van der Waals surface area contributed by atoms with Crippen LogP contribution in [0.25, 0.3) is 0 Å². The van der Waals surface area contributed by atoms with Crippen LogP contribution in [0.4, 0.5) is 0 Å². The number of hydrogen-bond acceptors (Lipinski definition) is 4. The third kappa shape index (κ3) is 2.82. The number of aryl methyl sites for hydroxylation is 1. The van der Waals surface area contributed by atoms with Gasteiger partial charge in [0, 0.05) is 13.0 Å². The lowest BCUT2D eigenvalue weighted by molar-refractivity contribution is 0.159. The summed E-state index contributed by atoms with van der Waals surface area (Å²) in [6.45, 7) is 3.82. The summed E-state index contributed by atoms with van der Waals surface area (Å²) in [5, 5.41) is 3.26. The van der Waals surface area contributed by atoms with Crippen LogP contribution in [0.1, 0.15) is 25.6 Å². The summed E-state index contributed by atoms with van der Waals surface area (Å²) in [4.78, 5) is 18.2. The molecule has 1 aliphatic rings. The van der Waals surface area contributed by atoms with Crippen LogP contribution in [0.2, 0.25) is 0 Å². The average molecular weight is 223 g/mol. The Morgan fingerprint density at radius 1 is 1.62 bits per heavy atom. The van der Waals surface area contributed by atoms with E-state index in [1.54, 1.807) is 0 Å². The summed E-state index contributed by atoms with van der Waals surface area (Å²) in [5.74, 6) is 1.11. The van der Waals surface area contributed by atoms with Crippen LogP contribution in [0.15, 0.2) is 10.9 Å². The molecule has 0 saturated carbocycles. The van der Waals surface area contributed by atoms with Gasteiger partial charge in [0.05, 0.1) is 6.07 Å². The monoisotopic (exact) mass is 223 g/mol. The Balaban J connectivity index is 2.07. The molecular weight excluding hydrogens is 206 g/mol. The highest BCUT2D eigenvalue weighted by Crippen LogP contribution is 2.11. The maximum absolute atomic E-state index is 11.3. The zero-order valence-electron chi connectivity index (χ0n) is 9.45. The molecular formula is C11H17N3O2. The molecule has 2 N–H and O–H groups in total. The molecule has 0 bridgehead atoms. The van der Waals surface area contributed by atoms with Gasteiger partial charge in [-0.05, 0) is 19.4 Å². The van der Waals surface area contributed by atoms with Crippen LogP contribution in [-0.2, 0) is 6.42 Å². The van der Waals surface area contributed by atoms with E-state index < -0.39 is 0 Å². The van der Waals surface area contributed by atoms with E-state index in [-0.39, 0.29) is 11.7 Å². The Bertz CT molecular complexity index is 396. The van der Waals surface area contributed by atoms with Crippen LogP contribution in [0, 0.1) is 0 Å². The highest BCUT2D eigenvalue weighted by molar-refractivity contribution is 5.09. The fourth-order valence-corrected chi connectivity index (χ4v) is 1.80. The van der Waals surface area contributed by atoms with Gasteiger partial charge in [0.15, 0.2) is 0 Å². The van der Waals surface area contributed by atoms with Gasteiger partial charge in [-0.2, -0.15) is 0 Å². The van der Waals surface area contributed by atoms with E-state index in [2.05, 4.69) is 15.3 Å². The van der Waals surface area contributed by atoms with Crippen LogP contribution in [-0.4, -0.2) is 29.2 Å². The minimum Gasteiger partial charge on any atom is -0.473 e. The minimum atomic E-state index is -0.148. The lowest BCUT2D eigenvalue weighted by atomic mass is 10.1. The van der Waals surface area contributed by atoms with Crippen LogP contribution in [0.3, 0.4) is 0 Å². The Labute approximate surface area is 94.2 Å². The highest BCUT2D eigenvalue weighted by atomic mass is 16.5. The molecule has 0 radical (unpaired) electrons. The zero-order chi connectivity index (χ0) is 11.4. The summed E-state index contributed by atoms with van der Waals surface area (Å²) in [5.41, 5.74) is -0.148. The van der Waals surface area contributed by atoms with Crippen molar-refractivity contribution < 1.29 is 4.74 Å². The van der Waals surface area contributed by atoms with Crippen molar-refractivity contribution in [2.75, 3.05) is 13.1 Å². The number of piperidine rings is 1. The second-order valence-corrected chi connectivity index (χ2v) is 3.97. The number of hydrogen-bond donors (Lipinski definition) is 2. The van der Waals surface area contributed by atoms with E-state index in [4.69, 9.17) is 4.74 Å². The molecule has 1 aliphatic heterocycles. The van der Waals surface area contributed by atoms with Crippen molar-refractivity contribution in [1.29, 1.82) is 0 Å². The maximum atomic E-state index is 11.3. The number of nitrogens with zero attached hydrogens (tertiary/aromatic N) is 1. The van der Waals surface area contributed by atoms with Gasteiger partial charge >= 0.3 is 0 Å². The van der Waals surface area contributed by atoms with E-state index in [0.717, 1.165) is 25.9 Å². The van der Waals surface area contributed by atoms with E-state index in [9.17, 15) is 4.79 Å². The van der Waals surface area contributed by atoms with Gasteiger partial charge in [0.25, 0.3) is 5.56 Å². The summed E-state index contributed by atoms with van der Waals surface area (Å²) in [6.07, 6.45) is 2.96. The summed E-state index contributed by atoms with van der Waals surface area (Å²) < 4.78 is 5.68. The number of aromatic nitrogens is 2. The summed E-state index contributed by atoms with van der Waals surface area (Å²) >= 11 is 0. The molecule has 88 valence electrons. The summed E-state index contributed by atoms with van der Waals surface area (Å²) in [6, 6.07) is 1.41. The van der Waals surface area contributed by atoms with Gasteiger partial charge in [0.2, 0.25) is 5.88 Å². The third-order valence-corrected chi connectivity index (χ3v) is 2.64. The maximum Gasteiger partial charge on any atom is 0.254 e. The smallest absolute Gasteiger partial charge is 0.254 e. The third-order valence-electron chi connectivity index (χ3n) is 2.64. The van der Waals surface area contributed by atoms with Crippen molar-refractivity contribution in [3.05, 3.63) is 22.2 Å². The SMILES string of the molecule is CCc1nc(O[C@H]2CCCNC2)cc(=O)[nH]1. The predicted octanol–water partition coefficient (Wildman–Crippen LogP) is 0.463.